The van der Waals surface area contributed by atoms with Crippen molar-refractivity contribution in [3.8, 4) is 5.75 Å². The quantitative estimate of drug-likeness (QED) is 0.916. The number of ether oxygens (including phenoxy) is 1. The molecule has 110 valence electrons. The van der Waals surface area contributed by atoms with E-state index >= 15 is 0 Å². The molecule has 1 amide bonds. The topological polar surface area (TPSA) is 51.5 Å². The molecular formula is C17H19NO3. The van der Waals surface area contributed by atoms with Crippen LogP contribution in [-0.2, 0) is 6.61 Å². The lowest BCUT2D eigenvalue weighted by Crippen LogP contribution is -2.24. The van der Waals surface area contributed by atoms with Crippen molar-refractivity contribution in [2.75, 3.05) is 0 Å². The summed E-state index contributed by atoms with van der Waals surface area (Å²) in [5.41, 5.74) is 2.23. The van der Waals surface area contributed by atoms with Crippen LogP contribution in [0, 0.1) is 13.8 Å². The lowest BCUT2D eigenvalue weighted by molar-refractivity contribution is 0.0919. The van der Waals surface area contributed by atoms with Crippen molar-refractivity contribution in [1.29, 1.82) is 0 Å². The number of amides is 1. The predicted octanol–water partition coefficient (Wildman–Crippen LogP) is 3.37. The van der Waals surface area contributed by atoms with Gasteiger partial charge in [-0.25, -0.2) is 0 Å². The summed E-state index contributed by atoms with van der Waals surface area (Å²) >= 11 is 0. The first-order valence-electron chi connectivity index (χ1n) is 7.21. The summed E-state index contributed by atoms with van der Waals surface area (Å²) in [5.74, 6) is 1.70. The third-order valence-electron chi connectivity index (χ3n) is 3.51. The number of benzene rings is 1. The Balaban J connectivity index is 1.61. The molecule has 1 aliphatic carbocycles. The number of carbonyl (C=O) groups excluding carboxylic acids is 1. The van der Waals surface area contributed by atoms with Crippen LogP contribution < -0.4 is 10.1 Å². The average molecular weight is 285 g/mol. The Bertz CT molecular complexity index is 656. The SMILES string of the molecule is Cc1ccc(C)c(OCc2ccc(C(=O)NC3CC3)o2)c1. The molecule has 0 saturated heterocycles. The van der Waals surface area contributed by atoms with Gasteiger partial charge in [0.25, 0.3) is 5.91 Å². The van der Waals surface area contributed by atoms with E-state index in [1.165, 1.54) is 0 Å². The number of rotatable bonds is 5. The van der Waals surface area contributed by atoms with Gasteiger partial charge in [-0.1, -0.05) is 12.1 Å². The van der Waals surface area contributed by atoms with E-state index in [-0.39, 0.29) is 5.91 Å². The molecule has 21 heavy (non-hydrogen) atoms. The van der Waals surface area contributed by atoms with Crippen molar-refractivity contribution < 1.29 is 13.9 Å². The second-order valence-electron chi connectivity index (χ2n) is 5.57. The van der Waals surface area contributed by atoms with Crippen LogP contribution in [-0.4, -0.2) is 11.9 Å². The van der Waals surface area contributed by atoms with E-state index in [2.05, 4.69) is 11.4 Å². The summed E-state index contributed by atoms with van der Waals surface area (Å²) in [6.45, 7) is 4.35. The van der Waals surface area contributed by atoms with Gasteiger partial charge in [-0.2, -0.15) is 0 Å². The third-order valence-corrected chi connectivity index (χ3v) is 3.51. The molecule has 1 N–H and O–H groups in total. The Kier molecular flexibility index (Phi) is 3.69. The van der Waals surface area contributed by atoms with Gasteiger partial charge in [0.05, 0.1) is 0 Å². The predicted molar refractivity (Wildman–Crippen MR) is 79.4 cm³/mol. The Morgan fingerprint density at radius 3 is 2.86 bits per heavy atom. The first-order valence-corrected chi connectivity index (χ1v) is 7.21. The fraction of sp³-hybridized carbons (Fsp3) is 0.353. The molecule has 2 aromatic rings. The van der Waals surface area contributed by atoms with E-state index in [9.17, 15) is 4.79 Å². The summed E-state index contributed by atoms with van der Waals surface area (Å²) < 4.78 is 11.3. The van der Waals surface area contributed by atoms with E-state index in [0.29, 0.717) is 24.2 Å². The molecule has 0 aliphatic heterocycles. The molecule has 0 atom stereocenters. The molecule has 4 nitrogen and oxygen atoms in total. The summed E-state index contributed by atoms with van der Waals surface area (Å²) in [6, 6.07) is 9.89. The maximum Gasteiger partial charge on any atom is 0.287 e. The van der Waals surface area contributed by atoms with Crippen LogP contribution in [0.4, 0.5) is 0 Å². The fourth-order valence-corrected chi connectivity index (χ4v) is 2.07. The highest BCUT2D eigenvalue weighted by Gasteiger charge is 2.25. The molecule has 0 spiro atoms. The number of carbonyl (C=O) groups is 1. The molecule has 3 rings (SSSR count). The Hall–Kier alpha value is -2.23. The first kappa shape index (κ1) is 13.7. The van der Waals surface area contributed by atoms with E-state index in [1.54, 1.807) is 12.1 Å². The van der Waals surface area contributed by atoms with Crippen LogP contribution in [0.1, 0.15) is 40.3 Å². The Labute approximate surface area is 124 Å². The molecule has 0 bridgehead atoms. The molecule has 1 saturated carbocycles. The van der Waals surface area contributed by atoms with Crippen molar-refractivity contribution >= 4 is 5.91 Å². The highest BCUT2D eigenvalue weighted by molar-refractivity contribution is 5.91. The second-order valence-corrected chi connectivity index (χ2v) is 5.57. The number of nitrogens with one attached hydrogen (secondary N) is 1. The maximum absolute atomic E-state index is 11.8. The minimum Gasteiger partial charge on any atom is -0.485 e. The Morgan fingerprint density at radius 2 is 2.10 bits per heavy atom. The number of hydrogen-bond donors (Lipinski definition) is 1. The van der Waals surface area contributed by atoms with Crippen LogP contribution in [0.25, 0.3) is 0 Å². The van der Waals surface area contributed by atoms with Crippen LogP contribution in [0.2, 0.25) is 0 Å². The lowest BCUT2D eigenvalue weighted by atomic mass is 10.1. The molecular weight excluding hydrogens is 266 g/mol. The lowest BCUT2D eigenvalue weighted by Gasteiger charge is -2.08. The average Bonchev–Trinajstić information content (AvgIpc) is 3.14. The highest BCUT2D eigenvalue weighted by atomic mass is 16.5. The van der Waals surface area contributed by atoms with Crippen molar-refractivity contribution in [3.05, 3.63) is 53.0 Å². The van der Waals surface area contributed by atoms with Gasteiger partial charge in [-0.05, 0) is 56.0 Å². The monoisotopic (exact) mass is 285 g/mol. The van der Waals surface area contributed by atoms with Gasteiger partial charge >= 0.3 is 0 Å². The van der Waals surface area contributed by atoms with Gasteiger partial charge in [0.1, 0.15) is 18.1 Å². The molecule has 0 unspecified atom stereocenters. The van der Waals surface area contributed by atoms with Crippen molar-refractivity contribution in [3.63, 3.8) is 0 Å². The minimum atomic E-state index is -0.143. The number of hydrogen-bond acceptors (Lipinski definition) is 3. The summed E-state index contributed by atoms with van der Waals surface area (Å²) in [5, 5.41) is 2.90. The van der Waals surface area contributed by atoms with Crippen LogP contribution in [0.5, 0.6) is 5.75 Å². The number of furan rings is 1. The van der Waals surface area contributed by atoms with Gasteiger partial charge in [0.15, 0.2) is 5.76 Å². The largest absolute Gasteiger partial charge is 0.485 e. The van der Waals surface area contributed by atoms with Crippen molar-refractivity contribution in [2.24, 2.45) is 0 Å². The van der Waals surface area contributed by atoms with E-state index in [0.717, 1.165) is 29.7 Å². The Morgan fingerprint density at radius 1 is 1.29 bits per heavy atom. The molecule has 1 aliphatic rings. The van der Waals surface area contributed by atoms with E-state index in [1.807, 2.05) is 26.0 Å². The van der Waals surface area contributed by atoms with Crippen LogP contribution >= 0.6 is 0 Å². The van der Waals surface area contributed by atoms with E-state index < -0.39 is 0 Å². The zero-order chi connectivity index (χ0) is 14.8. The second kappa shape index (κ2) is 5.64. The zero-order valence-electron chi connectivity index (χ0n) is 12.3. The van der Waals surface area contributed by atoms with Crippen molar-refractivity contribution in [1.82, 2.24) is 5.32 Å². The third kappa shape index (κ3) is 3.45. The summed E-state index contributed by atoms with van der Waals surface area (Å²) in [6.07, 6.45) is 2.13. The van der Waals surface area contributed by atoms with Gasteiger partial charge in [0, 0.05) is 6.04 Å². The number of aryl methyl sites for hydroxylation is 2. The standard InChI is InChI=1S/C17H19NO3/c1-11-3-4-12(2)16(9-11)20-10-14-7-8-15(21-14)17(19)18-13-5-6-13/h3-4,7-9,13H,5-6,10H2,1-2H3,(H,18,19). The molecule has 1 heterocycles. The van der Waals surface area contributed by atoms with Gasteiger partial charge in [-0.3, -0.25) is 4.79 Å². The van der Waals surface area contributed by atoms with Gasteiger partial charge in [0.2, 0.25) is 0 Å². The van der Waals surface area contributed by atoms with Gasteiger partial charge < -0.3 is 14.5 Å². The molecule has 1 aromatic carbocycles. The molecule has 1 aromatic heterocycles. The minimum absolute atomic E-state index is 0.143. The van der Waals surface area contributed by atoms with Crippen LogP contribution in [0.3, 0.4) is 0 Å². The van der Waals surface area contributed by atoms with E-state index in [4.69, 9.17) is 9.15 Å². The fourth-order valence-electron chi connectivity index (χ4n) is 2.07. The smallest absolute Gasteiger partial charge is 0.287 e. The van der Waals surface area contributed by atoms with Crippen LogP contribution in [0.15, 0.2) is 34.7 Å². The summed E-state index contributed by atoms with van der Waals surface area (Å²) in [4.78, 5) is 11.8. The molecule has 0 radical (unpaired) electrons. The molecule has 4 heteroatoms. The highest BCUT2D eigenvalue weighted by Crippen LogP contribution is 2.22. The summed E-state index contributed by atoms with van der Waals surface area (Å²) in [7, 11) is 0. The normalized spacial score (nSPS) is 14.0. The maximum atomic E-state index is 11.8. The molecule has 1 fully saturated rings. The van der Waals surface area contributed by atoms with Gasteiger partial charge in [-0.15, -0.1) is 0 Å². The first-order chi connectivity index (χ1) is 10.1. The zero-order valence-corrected chi connectivity index (χ0v) is 12.3. The van der Waals surface area contributed by atoms with Crippen molar-refractivity contribution in [2.45, 2.75) is 39.3 Å².